The topological polar surface area (TPSA) is 149 Å². The summed E-state index contributed by atoms with van der Waals surface area (Å²) in [6.07, 6.45) is 3.39. The van der Waals surface area contributed by atoms with Gasteiger partial charge in [-0.3, -0.25) is 19.3 Å². The molecule has 1 atom stereocenters. The number of nitrogens with zero attached hydrogens (tertiary/aromatic N) is 1. The van der Waals surface area contributed by atoms with Crippen molar-refractivity contribution in [3.05, 3.63) is 81.1 Å². The maximum atomic E-state index is 13.1. The molecule has 2 heterocycles. The van der Waals surface area contributed by atoms with E-state index >= 15 is 0 Å². The van der Waals surface area contributed by atoms with Crippen molar-refractivity contribution in [2.75, 3.05) is 32.8 Å². The lowest BCUT2D eigenvalue weighted by molar-refractivity contribution is -0.145. The predicted octanol–water partition coefficient (Wildman–Crippen LogP) is 4.35. The van der Waals surface area contributed by atoms with Crippen LogP contribution in [0.25, 0.3) is 10.9 Å². The monoisotopic (exact) mass is 599 g/mol. The molecule has 4 rings (SSSR count). The molecule has 1 aliphatic heterocycles. The van der Waals surface area contributed by atoms with Crippen LogP contribution in [-0.4, -0.2) is 76.3 Å². The van der Waals surface area contributed by atoms with Crippen molar-refractivity contribution < 1.29 is 29.3 Å². The quantitative estimate of drug-likeness (QED) is 0.225. The highest BCUT2D eigenvalue weighted by atomic mass is 35.5. The van der Waals surface area contributed by atoms with Gasteiger partial charge in [0.2, 0.25) is 5.56 Å². The fourth-order valence-electron chi connectivity index (χ4n) is 4.77. The van der Waals surface area contributed by atoms with E-state index in [1.165, 1.54) is 6.07 Å². The number of rotatable bonds is 12. The van der Waals surface area contributed by atoms with Crippen LogP contribution < -0.4 is 10.9 Å². The third-order valence-electron chi connectivity index (χ3n) is 7.15. The second kappa shape index (κ2) is 16.1. The summed E-state index contributed by atoms with van der Waals surface area (Å²) in [5, 5.41) is 22.6. The molecule has 0 saturated carbocycles. The molecule has 0 spiro atoms. The Labute approximate surface area is 249 Å². The fraction of sp³-hybridized carbons (Fsp3) is 0.419. The van der Waals surface area contributed by atoms with Gasteiger partial charge in [0.05, 0.1) is 13.2 Å². The van der Waals surface area contributed by atoms with Gasteiger partial charge in [0.1, 0.15) is 5.54 Å². The van der Waals surface area contributed by atoms with Crippen molar-refractivity contribution in [1.29, 1.82) is 0 Å². The molecule has 3 aromatic rings. The van der Waals surface area contributed by atoms with Crippen molar-refractivity contribution >= 4 is 40.3 Å². The van der Waals surface area contributed by atoms with Crippen LogP contribution in [0.4, 0.5) is 0 Å². The number of nitrogens with one attached hydrogen (secondary N) is 2. The summed E-state index contributed by atoms with van der Waals surface area (Å²) in [6.45, 7) is 5.05. The average Bonchev–Trinajstić information content (AvgIpc) is 2.97. The van der Waals surface area contributed by atoms with Crippen LogP contribution in [0.15, 0.2) is 59.4 Å². The first-order chi connectivity index (χ1) is 20.1. The Morgan fingerprint density at radius 3 is 2.38 bits per heavy atom. The van der Waals surface area contributed by atoms with Gasteiger partial charge < -0.3 is 25.3 Å². The molecule has 0 aliphatic carbocycles. The zero-order chi connectivity index (χ0) is 30.5. The highest BCUT2D eigenvalue weighted by Crippen LogP contribution is 2.25. The van der Waals surface area contributed by atoms with E-state index in [1.807, 2.05) is 12.1 Å². The SMILES string of the molecule is CCCCCC(=O)O.O=C(NC(CCN1CCOCC1)(Cc1cc(=O)[nH]c2ccccc12)C(=O)O)c1ccc(Cl)cc1. The molecule has 226 valence electrons. The number of carboxylic acid groups (broad SMARTS) is 2. The van der Waals surface area contributed by atoms with Crippen LogP contribution in [0.5, 0.6) is 0 Å². The molecule has 1 unspecified atom stereocenters. The summed E-state index contributed by atoms with van der Waals surface area (Å²) >= 11 is 5.94. The molecule has 1 amide bonds. The van der Waals surface area contributed by atoms with Gasteiger partial charge in [0.25, 0.3) is 5.91 Å². The van der Waals surface area contributed by atoms with E-state index in [4.69, 9.17) is 21.4 Å². The van der Waals surface area contributed by atoms with Crippen molar-refractivity contribution in [2.24, 2.45) is 0 Å². The summed E-state index contributed by atoms with van der Waals surface area (Å²) in [4.78, 5) is 53.0. The number of carbonyl (C=O) groups excluding carboxylic acids is 1. The first-order valence-electron chi connectivity index (χ1n) is 14.1. The molecule has 42 heavy (non-hydrogen) atoms. The number of aromatic nitrogens is 1. The molecule has 4 N–H and O–H groups in total. The van der Waals surface area contributed by atoms with Gasteiger partial charge in [0, 0.05) is 60.0 Å². The minimum Gasteiger partial charge on any atom is -0.481 e. The van der Waals surface area contributed by atoms with Crippen LogP contribution in [-0.2, 0) is 20.7 Å². The van der Waals surface area contributed by atoms with Gasteiger partial charge in [0.15, 0.2) is 0 Å². The summed E-state index contributed by atoms with van der Waals surface area (Å²) < 4.78 is 5.39. The third-order valence-corrected chi connectivity index (χ3v) is 7.40. The average molecular weight is 600 g/mol. The van der Waals surface area contributed by atoms with E-state index in [0.717, 1.165) is 24.6 Å². The Balaban J connectivity index is 0.000000531. The number of aliphatic carboxylic acids is 2. The molecular weight excluding hydrogens is 562 g/mol. The van der Waals surface area contributed by atoms with Crippen LogP contribution in [0, 0.1) is 0 Å². The molecule has 0 radical (unpaired) electrons. The first-order valence-corrected chi connectivity index (χ1v) is 14.5. The second-order valence-corrected chi connectivity index (χ2v) is 10.7. The number of H-pyrrole nitrogens is 1. The van der Waals surface area contributed by atoms with Crippen LogP contribution >= 0.6 is 11.6 Å². The van der Waals surface area contributed by atoms with E-state index in [9.17, 15) is 24.3 Å². The standard InChI is InChI=1S/C25H26ClN3O5.C6H12O2/c26-19-7-5-17(6-8-19)23(31)28-25(24(32)33,9-10-29-11-13-34-14-12-29)16-18-15-22(30)27-21-4-2-1-3-20(18)21;1-2-3-4-5-6(7)8/h1-8,15H,9-14,16H2,(H,27,30)(H,28,31)(H,32,33);2-5H2,1H3,(H,7,8). The number of aromatic amines is 1. The van der Waals surface area contributed by atoms with Gasteiger partial charge in [-0.15, -0.1) is 0 Å². The molecule has 1 fully saturated rings. The first kappa shape index (κ1) is 32.8. The number of carboxylic acids is 2. The van der Waals surface area contributed by atoms with Crippen molar-refractivity contribution in [3.8, 4) is 0 Å². The van der Waals surface area contributed by atoms with E-state index in [0.29, 0.717) is 60.9 Å². The fourth-order valence-corrected chi connectivity index (χ4v) is 4.90. The number of hydrogen-bond acceptors (Lipinski definition) is 6. The Kier molecular flexibility index (Phi) is 12.5. The Morgan fingerprint density at radius 1 is 1.05 bits per heavy atom. The number of pyridine rings is 1. The highest BCUT2D eigenvalue weighted by Gasteiger charge is 2.41. The normalized spacial score (nSPS) is 14.8. The molecule has 1 aromatic heterocycles. The number of halogens is 1. The number of benzene rings is 2. The molecule has 1 aliphatic rings. The minimum atomic E-state index is -1.63. The molecule has 1 saturated heterocycles. The Hall–Kier alpha value is -3.73. The summed E-state index contributed by atoms with van der Waals surface area (Å²) in [5.74, 6) is -2.36. The van der Waals surface area contributed by atoms with E-state index in [2.05, 4.69) is 22.1 Å². The number of amides is 1. The number of fused-ring (bicyclic) bond motifs is 1. The lowest BCUT2D eigenvalue weighted by atomic mass is 9.85. The van der Waals surface area contributed by atoms with Crippen molar-refractivity contribution in [3.63, 3.8) is 0 Å². The van der Waals surface area contributed by atoms with Crippen molar-refractivity contribution in [2.45, 2.75) is 51.0 Å². The third kappa shape index (κ3) is 9.68. The van der Waals surface area contributed by atoms with Gasteiger partial charge in [-0.2, -0.15) is 0 Å². The van der Waals surface area contributed by atoms with Crippen molar-refractivity contribution in [1.82, 2.24) is 15.2 Å². The minimum absolute atomic E-state index is 0.0452. The number of unbranched alkanes of at least 4 members (excludes halogenated alkanes) is 2. The highest BCUT2D eigenvalue weighted by molar-refractivity contribution is 6.30. The number of morpholine rings is 1. The summed E-state index contributed by atoms with van der Waals surface area (Å²) in [6, 6.07) is 14.9. The molecular formula is C31H38ClN3O7. The lowest BCUT2D eigenvalue weighted by Gasteiger charge is -2.34. The zero-order valence-corrected chi connectivity index (χ0v) is 24.5. The van der Waals surface area contributed by atoms with E-state index in [-0.39, 0.29) is 18.4 Å². The van der Waals surface area contributed by atoms with Crippen LogP contribution in [0.1, 0.15) is 54.9 Å². The second-order valence-electron chi connectivity index (χ2n) is 10.3. The van der Waals surface area contributed by atoms with Crippen LogP contribution in [0.2, 0.25) is 5.02 Å². The number of carbonyl (C=O) groups is 3. The van der Waals surface area contributed by atoms with E-state index < -0.39 is 23.4 Å². The van der Waals surface area contributed by atoms with Gasteiger partial charge in [-0.1, -0.05) is 49.6 Å². The molecule has 11 heteroatoms. The number of ether oxygens (including phenoxy) is 1. The smallest absolute Gasteiger partial charge is 0.329 e. The van der Waals surface area contributed by atoms with Crippen LogP contribution in [0.3, 0.4) is 0 Å². The zero-order valence-electron chi connectivity index (χ0n) is 23.7. The summed E-state index contributed by atoms with van der Waals surface area (Å²) in [7, 11) is 0. The number of hydrogen-bond donors (Lipinski definition) is 4. The molecule has 0 bridgehead atoms. The Morgan fingerprint density at radius 2 is 1.74 bits per heavy atom. The largest absolute Gasteiger partial charge is 0.481 e. The van der Waals surface area contributed by atoms with E-state index in [1.54, 1.807) is 36.4 Å². The predicted molar refractivity (Wildman–Crippen MR) is 161 cm³/mol. The molecule has 2 aromatic carbocycles. The maximum absolute atomic E-state index is 13.1. The Bertz CT molecular complexity index is 1400. The summed E-state index contributed by atoms with van der Waals surface area (Å²) in [5.41, 5.74) is -0.491. The maximum Gasteiger partial charge on any atom is 0.329 e. The van der Waals surface area contributed by atoms with Gasteiger partial charge in [-0.25, -0.2) is 4.79 Å². The lowest BCUT2D eigenvalue weighted by Crippen LogP contribution is -2.58. The number of para-hydroxylation sites is 1. The van der Waals surface area contributed by atoms with Gasteiger partial charge in [-0.05, 0) is 48.7 Å². The van der Waals surface area contributed by atoms with Gasteiger partial charge >= 0.3 is 11.9 Å². The molecule has 10 nitrogen and oxygen atoms in total.